The van der Waals surface area contributed by atoms with Crippen molar-refractivity contribution in [1.29, 1.82) is 0 Å². The Bertz CT molecular complexity index is 1330. The summed E-state index contributed by atoms with van der Waals surface area (Å²) in [6.07, 6.45) is 2.18. The third-order valence-corrected chi connectivity index (χ3v) is 7.65. The van der Waals surface area contributed by atoms with E-state index < -0.39 is 16.0 Å². The number of nitrogens with zero attached hydrogens (tertiary/aromatic N) is 3. The molecule has 0 radical (unpaired) electrons. The van der Waals surface area contributed by atoms with E-state index in [1.165, 1.54) is 30.0 Å². The van der Waals surface area contributed by atoms with E-state index in [2.05, 4.69) is 46.7 Å². The predicted octanol–water partition coefficient (Wildman–Crippen LogP) is 4.17. The number of aromatic nitrogens is 1. The molecule has 1 unspecified atom stereocenters. The summed E-state index contributed by atoms with van der Waals surface area (Å²) >= 11 is 0. The highest BCUT2D eigenvalue weighted by atomic mass is 32.2. The zero-order valence-electron chi connectivity index (χ0n) is 20.1. The molecule has 1 aromatic heterocycles. The molecule has 1 aliphatic rings. The van der Waals surface area contributed by atoms with Crippen molar-refractivity contribution in [2.45, 2.75) is 38.1 Å². The van der Waals surface area contributed by atoms with Gasteiger partial charge in [0.05, 0.1) is 16.8 Å². The van der Waals surface area contributed by atoms with E-state index in [1.54, 1.807) is 12.1 Å². The summed E-state index contributed by atoms with van der Waals surface area (Å²) in [7, 11) is -3.87. The number of anilines is 3. The molecule has 4 rings (SSSR count). The number of aromatic carboxylic acids is 1. The van der Waals surface area contributed by atoms with Crippen molar-refractivity contribution >= 4 is 33.2 Å². The molecular formula is C26H30N4O4S. The SMILES string of the molecule is CCc1ccc(S(=O)(=O)Nc2cnc(N3CCN(c4cccc(C)c4)C(C)C3)c(C(=O)O)c2)cc1. The molecule has 2 N–H and O–H groups in total. The van der Waals surface area contributed by atoms with Gasteiger partial charge in [0.2, 0.25) is 0 Å². The summed E-state index contributed by atoms with van der Waals surface area (Å²) in [5, 5.41) is 9.87. The largest absolute Gasteiger partial charge is 0.478 e. The highest BCUT2D eigenvalue weighted by molar-refractivity contribution is 7.92. The van der Waals surface area contributed by atoms with Crippen LogP contribution in [-0.4, -0.2) is 50.2 Å². The Labute approximate surface area is 206 Å². The van der Waals surface area contributed by atoms with Crippen molar-refractivity contribution in [3.05, 3.63) is 77.5 Å². The summed E-state index contributed by atoms with van der Waals surface area (Å²) in [5.41, 5.74) is 3.42. The zero-order valence-corrected chi connectivity index (χ0v) is 20.9. The van der Waals surface area contributed by atoms with Crippen LogP contribution in [0.1, 0.15) is 35.3 Å². The number of hydrogen-bond donors (Lipinski definition) is 2. The number of piperazine rings is 1. The molecule has 0 spiro atoms. The second-order valence-corrected chi connectivity index (χ2v) is 10.5. The molecule has 1 aliphatic heterocycles. The van der Waals surface area contributed by atoms with E-state index >= 15 is 0 Å². The molecule has 0 amide bonds. The molecule has 1 saturated heterocycles. The quantitative estimate of drug-likeness (QED) is 0.508. The van der Waals surface area contributed by atoms with Crippen molar-refractivity contribution in [2.24, 2.45) is 0 Å². The van der Waals surface area contributed by atoms with Crippen molar-refractivity contribution in [1.82, 2.24) is 4.98 Å². The average molecular weight is 495 g/mol. The minimum atomic E-state index is -3.87. The Morgan fingerprint density at radius 3 is 2.51 bits per heavy atom. The lowest BCUT2D eigenvalue weighted by Crippen LogP contribution is -2.52. The van der Waals surface area contributed by atoms with Crippen molar-refractivity contribution in [3.8, 4) is 0 Å². The highest BCUT2D eigenvalue weighted by Gasteiger charge is 2.28. The van der Waals surface area contributed by atoms with E-state index in [0.29, 0.717) is 25.5 Å². The van der Waals surface area contributed by atoms with Crippen molar-refractivity contribution < 1.29 is 18.3 Å². The minimum absolute atomic E-state index is 0.0391. The molecule has 184 valence electrons. The number of aryl methyl sites for hydroxylation is 2. The lowest BCUT2D eigenvalue weighted by atomic mass is 10.1. The lowest BCUT2D eigenvalue weighted by Gasteiger charge is -2.42. The molecule has 9 heteroatoms. The van der Waals surface area contributed by atoms with Gasteiger partial charge in [0, 0.05) is 31.4 Å². The number of nitrogens with one attached hydrogen (secondary N) is 1. The first-order chi connectivity index (χ1) is 16.7. The van der Waals surface area contributed by atoms with E-state index in [0.717, 1.165) is 17.7 Å². The van der Waals surface area contributed by atoms with Crippen LogP contribution >= 0.6 is 0 Å². The van der Waals surface area contributed by atoms with Gasteiger partial charge in [-0.1, -0.05) is 31.2 Å². The van der Waals surface area contributed by atoms with Crippen LogP contribution in [0.2, 0.25) is 0 Å². The number of carboxylic acids is 1. The predicted molar refractivity (Wildman–Crippen MR) is 138 cm³/mol. The van der Waals surface area contributed by atoms with E-state index in [-0.39, 0.29) is 22.2 Å². The molecule has 0 saturated carbocycles. The number of rotatable bonds is 7. The maximum Gasteiger partial charge on any atom is 0.339 e. The van der Waals surface area contributed by atoms with Gasteiger partial charge in [-0.05, 0) is 61.7 Å². The van der Waals surface area contributed by atoms with Gasteiger partial charge in [-0.3, -0.25) is 4.72 Å². The van der Waals surface area contributed by atoms with Crippen LogP contribution in [0, 0.1) is 6.92 Å². The van der Waals surface area contributed by atoms with Gasteiger partial charge in [-0.25, -0.2) is 18.2 Å². The van der Waals surface area contributed by atoms with Gasteiger partial charge in [0.15, 0.2) is 0 Å². The number of hydrogen-bond acceptors (Lipinski definition) is 6. The summed E-state index contributed by atoms with van der Waals surface area (Å²) in [6.45, 7) is 8.06. The third kappa shape index (κ3) is 5.40. The Morgan fingerprint density at radius 2 is 1.89 bits per heavy atom. The van der Waals surface area contributed by atoms with Gasteiger partial charge in [-0.2, -0.15) is 0 Å². The molecule has 2 heterocycles. The van der Waals surface area contributed by atoms with Crippen LogP contribution in [0.5, 0.6) is 0 Å². The van der Waals surface area contributed by atoms with E-state index in [4.69, 9.17) is 0 Å². The van der Waals surface area contributed by atoms with Gasteiger partial charge in [0.25, 0.3) is 10.0 Å². The topological polar surface area (TPSA) is 103 Å². The number of carbonyl (C=O) groups is 1. The molecule has 3 aromatic rings. The molecule has 2 aromatic carbocycles. The molecule has 35 heavy (non-hydrogen) atoms. The maximum absolute atomic E-state index is 12.8. The first kappa shape index (κ1) is 24.5. The summed E-state index contributed by atoms with van der Waals surface area (Å²) in [4.78, 5) is 20.8. The molecular weight excluding hydrogens is 464 g/mol. The standard InChI is InChI=1S/C26H30N4O4S/c1-4-20-8-10-23(11-9-20)35(33,34)28-21-15-24(26(31)32)25(27-16-21)29-12-13-30(19(3)17-29)22-7-5-6-18(2)14-22/h5-11,14-16,19,28H,4,12-13,17H2,1-3H3,(H,31,32). The second kappa shape index (κ2) is 9.95. The summed E-state index contributed by atoms with van der Waals surface area (Å²) in [5.74, 6) is -0.821. The first-order valence-corrected chi connectivity index (χ1v) is 13.1. The number of carboxylic acid groups (broad SMARTS) is 1. The van der Waals surface area contributed by atoms with Crippen LogP contribution in [0.25, 0.3) is 0 Å². The summed E-state index contributed by atoms with van der Waals surface area (Å²) < 4.78 is 28.1. The highest BCUT2D eigenvalue weighted by Crippen LogP contribution is 2.28. The van der Waals surface area contributed by atoms with Gasteiger partial charge < -0.3 is 14.9 Å². The minimum Gasteiger partial charge on any atom is -0.478 e. The zero-order chi connectivity index (χ0) is 25.2. The Hall–Kier alpha value is -3.59. The molecule has 1 atom stereocenters. The molecule has 8 nitrogen and oxygen atoms in total. The molecule has 1 fully saturated rings. The smallest absolute Gasteiger partial charge is 0.339 e. The van der Waals surface area contributed by atoms with Crippen LogP contribution < -0.4 is 14.5 Å². The average Bonchev–Trinajstić information content (AvgIpc) is 2.83. The normalized spacial score (nSPS) is 16.3. The van der Waals surface area contributed by atoms with Gasteiger partial charge >= 0.3 is 5.97 Å². The fourth-order valence-electron chi connectivity index (χ4n) is 4.38. The van der Waals surface area contributed by atoms with E-state index in [9.17, 15) is 18.3 Å². The van der Waals surface area contributed by atoms with Crippen LogP contribution in [-0.2, 0) is 16.4 Å². The van der Waals surface area contributed by atoms with Gasteiger partial charge in [0.1, 0.15) is 11.4 Å². The maximum atomic E-state index is 12.8. The van der Waals surface area contributed by atoms with Gasteiger partial charge in [-0.15, -0.1) is 0 Å². The van der Waals surface area contributed by atoms with Crippen LogP contribution in [0.3, 0.4) is 0 Å². The third-order valence-electron chi connectivity index (χ3n) is 6.25. The fourth-order valence-corrected chi connectivity index (χ4v) is 5.42. The fraction of sp³-hybridized carbons (Fsp3) is 0.308. The second-order valence-electron chi connectivity index (χ2n) is 8.83. The Balaban J connectivity index is 1.54. The number of pyridine rings is 1. The monoisotopic (exact) mass is 494 g/mol. The van der Waals surface area contributed by atoms with Crippen molar-refractivity contribution in [2.75, 3.05) is 34.2 Å². The Kier molecular flexibility index (Phi) is 6.98. The molecule has 0 bridgehead atoms. The van der Waals surface area contributed by atoms with Crippen molar-refractivity contribution in [3.63, 3.8) is 0 Å². The van der Waals surface area contributed by atoms with E-state index in [1.807, 2.05) is 17.9 Å². The first-order valence-electron chi connectivity index (χ1n) is 11.6. The van der Waals surface area contributed by atoms with Crippen LogP contribution in [0.15, 0.2) is 65.7 Å². The molecule has 0 aliphatic carbocycles. The number of sulfonamides is 1. The van der Waals surface area contributed by atoms with Crippen LogP contribution in [0.4, 0.5) is 17.2 Å². The Morgan fingerprint density at radius 1 is 1.14 bits per heavy atom. The summed E-state index contributed by atoms with van der Waals surface area (Å²) in [6, 6.07) is 16.4. The lowest BCUT2D eigenvalue weighted by molar-refractivity contribution is 0.0697. The number of benzene rings is 2.